The van der Waals surface area contributed by atoms with Crippen molar-refractivity contribution in [2.45, 2.75) is 6.54 Å². The second-order valence-electron chi connectivity index (χ2n) is 7.94. The molecule has 0 radical (unpaired) electrons. The highest BCUT2D eigenvalue weighted by atomic mass is 32.1. The number of morpholine rings is 1. The van der Waals surface area contributed by atoms with Gasteiger partial charge in [0.2, 0.25) is 6.79 Å². The summed E-state index contributed by atoms with van der Waals surface area (Å²) in [6.45, 7) is 2.65. The van der Waals surface area contributed by atoms with Crippen molar-refractivity contribution in [3.8, 4) is 22.8 Å². The van der Waals surface area contributed by atoms with Gasteiger partial charge in [-0.15, -0.1) is 0 Å². The molecule has 0 spiro atoms. The zero-order valence-electron chi connectivity index (χ0n) is 18.1. The minimum Gasteiger partial charge on any atom is -0.454 e. The van der Waals surface area contributed by atoms with Crippen molar-refractivity contribution in [2.24, 2.45) is 0 Å². The van der Waals surface area contributed by atoms with Gasteiger partial charge in [-0.2, -0.15) is 4.98 Å². The topological polar surface area (TPSA) is 95.8 Å². The summed E-state index contributed by atoms with van der Waals surface area (Å²) in [7, 11) is 0. The second kappa shape index (κ2) is 8.54. The Morgan fingerprint density at radius 2 is 1.79 bits per heavy atom. The largest absolute Gasteiger partial charge is 0.454 e. The van der Waals surface area contributed by atoms with Gasteiger partial charge in [-0.1, -0.05) is 41.7 Å². The van der Waals surface area contributed by atoms with E-state index in [4.69, 9.17) is 19.2 Å². The summed E-state index contributed by atoms with van der Waals surface area (Å²) >= 11 is 1.40. The first kappa shape index (κ1) is 20.8. The Labute approximate surface area is 198 Å². The molecule has 0 atom stereocenters. The van der Waals surface area contributed by atoms with Crippen molar-refractivity contribution < 1.29 is 19.0 Å². The zero-order chi connectivity index (χ0) is 23.1. The molecule has 0 N–H and O–H groups in total. The van der Waals surface area contributed by atoms with E-state index in [0.29, 0.717) is 59.4 Å². The van der Waals surface area contributed by atoms with Gasteiger partial charge < -0.3 is 19.1 Å². The number of ether oxygens (including phenoxy) is 3. The third-order valence-corrected chi connectivity index (χ3v) is 6.97. The number of anilines is 1. The molecule has 1 saturated heterocycles. The molecule has 34 heavy (non-hydrogen) atoms. The number of carbonyl (C=O) groups excluding carboxylic acids is 1. The van der Waals surface area contributed by atoms with E-state index in [1.807, 2.05) is 30.3 Å². The van der Waals surface area contributed by atoms with E-state index in [1.165, 1.54) is 15.9 Å². The number of nitrogens with zero attached hydrogens (tertiary/aromatic N) is 4. The van der Waals surface area contributed by atoms with Crippen LogP contribution < -0.4 is 20.1 Å². The first-order valence-electron chi connectivity index (χ1n) is 10.9. The van der Waals surface area contributed by atoms with E-state index in [0.717, 1.165) is 10.7 Å². The summed E-state index contributed by atoms with van der Waals surface area (Å²) in [4.78, 5) is 38.3. The monoisotopic (exact) mass is 476 g/mol. The van der Waals surface area contributed by atoms with Crippen LogP contribution in [0.1, 0.15) is 10.4 Å². The van der Waals surface area contributed by atoms with Crippen molar-refractivity contribution in [3.63, 3.8) is 0 Å². The predicted molar refractivity (Wildman–Crippen MR) is 127 cm³/mol. The highest BCUT2D eigenvalue weighted by Crippen LogP contribution is 2.35. The van der Waals surface area contributed by atoms with Gasteiger partial charge in [0.25, 0.3) is 0 Å². The maximum absolute atomic E-state index is 13.2. The van der Waals surface area contributed by atoms with Crippen LogP contribution in [0.15, 0.2) is 53.3 Å². The van der Waals surface area contributed by atoms with Crippen LogP contribution in [0.2, 0.25) is 0 Å². The molecule has 10 heteroatoms. The molecule has 2 aliphatic rings. The third kappa shape index (κ3) is 3.70. The molecule has 0 amide bonds. The molecular formula is C24H20N4O5S. The van der Waals surface area contributed by atoms with Crippen molar-refractivity contribution >= 4 is 32.6 Å². The molecule has 172 valence electrons. The Morgan fingerprint density at radius 3 is 2.62 bits per heavy atom. The minimum absolute atomic E-state index is 0.128. The first-order chi connectivity index (χ1) is 16.7. The maximum atomic E-state index is 13.2. The minimum atomic E-state index is -0.488. The highest BCUT2D eigenvalue weighted by molar-refractivity contribution is 7.22. The number of Topliss-reactive ketones (excluding diaryl/α,β-unsaturated/α-hetero) is 1. The van der Waals surface area contributed by atoms with E-state index >= 15 is 0 Å². The van der Waals surface area contributed by atoms with Crippen LogP contribution in [-0.2, 0) is 11.3 Å². The number of rotatable bonds is 5. The Hall–Kier alpha value is -3.76. The van der Waals surface area contributed by atoms with Crippen molar-refractivity contribution in [1.29, 1.82) is 0 Å². The molecule has 0 aliphatic carbocycles. The quantitative estimate of drug-likeness (QED) is 0.406. The zero-order valence-corrected chi connectivity index (χ0v) is 18.9. The number of thiazole rings is 1. The van der Waals surface area contributed by atoms with Crippen LogP contribution in [0.5, 0.6) is 11.5 Å². The average molecular weight is 477 g/mol. The lowest BCUT2D eigenvalue weighted by atomic mass is 10.1. The molecule has 2 aromatic carbocycles. The summed E-state index contributed by atoms with van der Waals surface area (Å²) in [5.74, 6) is 0.896. The van der Waals surface area contributed by atoms with Crippen LogP contribution in [0.4, 0.5) is 5.13 Å². The molecule has 4 aromatic rings. The van der Waals surface area contributed by atoms with Crippen molar-refractivity contribution in [3.05, 3.63) is 64.6 Å². The van der Waals surface area contributed by atoms with Gasteiger partial charge in [0.05, 0.1) is 19.8 Å². The fraction of sp³-hybridized carbons (Fsp3) is 0.250. The number of carbonyl (C=O) groups is 1. The highest BCUT2D eigenvalue weighted by Gasteiger charge is 2.23. The number of ketones is 1. The van der Waals surface area contributed by atoms with Gasteiger partial charge in [0.1, 0.15) is 16.0 Å². The van der Waals surface area contributed by atoms with Gasteiger partial charge in [-0.05, 0) is 18.2 Å². The van der Waals surface area contributed by atoms with E-state index in [1.54, 1.807) is 18.2 Å². The fourth-order valence-corrected chi connectivity index (χ4v) is 5.18. The summed E-state index contributed by atoms with van der Waals surface area (Å²) in [6, 6.07) is 14.5. The molecule has 0 saturated carbocycles. The molecule has 6 rings (SSSR count). The van der Waals surface area contributed by atoms with Crippen molar-refractivity contribution in [2.75, 3.05) is 38.0 Å². The Balaban J connectivity index is 1.44. The number of benzene rings is 2. The van der Waals surface area contributed by atoms with Crippen LogP contribution >= 0.6 is 11.3 Å². The van der Waals surface area contributed by atoms with Gasteiger partial charge >= 0.3 is 5.69 Å². The van der Waals surface area contributed by atoms with E-state index in [2.05, 4.69) is 9.88 Å². The standard InChI is InChI=1S/C24H20N4O5S/c29-17(16-6-7-18-19(12-16)33-14-32-18)13-28-22-21(26-24(34-22)27-8-10-31-11-9-27)20(25-23(28)30)15-4-2-1-3-5-15/h1-7,12H,8-11,13-14H2. The molecule has 2 aromatic heterocycles. The molecule has 0 unspecified atom stereocenters. The molecule has 2 aliphatic heterocycles. The number of aromatic nitrogens is 3. The number of hydrogen-bond donors (Lipinski definition) is 0. The fourth-order valence-electron chi connectivity index (χ4n) is 4.07. The Bertz CT molecular complexity index is 1440. The smallest absolute Gasteiger partial charge is 0.349 e. The van der Waals surface area contributed by atoms with Crippen molar-refractivity contribution in [1.82, 2.24) is 14.5 Å². The van der Waals surface area contributed by atoms with Gasteiger partial charge in [0, 0.05) is 24.2 Å². The Morgan fingerprint density at radius 1 is 1.00 bits per heavy atom. The predicted octanol–water partition coefficient (Wildman–Crippen LogP) is 2.97. The number of hydrogen-bond acceptors (Lipinski definition) is 9. The molecule has 0 bridgehead atoms. The summed E-state index contributed by atoms with van der Waals surface area (Å²) < 4.78 is 17.6. The average Bonchev–Trinajstić information content (AvgIpc) is 3.53. The SMILES string of the molecule is O=C(Cn1c(=O)nc(-c2ccccc2)c2nc(N3CCOCC3)sc21)c1ccc2c(c1)OCO2. The van der Waals surface area contributed by atoms with E-state index in [-0.39, 0.29) is 19.1 Å². The Kier molecular flexibility index (Phi) is 5.23. The number of fused-ring (bicyclic) bond motifs is 2. The second-order valence-corrected chi connectivity index (χ2v) is 8.89. The lowest BCUT2D eigenvalue weighted by Gasteiger charge is -2.25. The van der Waals surface area contributed by atoms with Crippen LogP contribution in [-0.4, -0.2) is 53.4 Å². The van der Waals surface area contributed by atoms with E-state index < -0.39 is 5.69 Å². The summed E-state index contributed by atoms with van der Waals surface area (Å²) in [5.41, 5.74) is 1.88. The molecular weight excluding hydrogens is 456 g/mol. The lowest BCUT2D eigenvalue weighted by molar-refractivity contribution is 0.0971. The van der Waals surface area contributed by atoms with Gasteiger partial charge in [-0.3, -0.25) is 9.36 Å². The molecule has 9 nitrogen and oxygen atoms in total. The maximum Gasteiger partial charge on any atom is 0.349 e. The summed E-state index contributed by atoms with van der Waals surface area (Å²) in [6.07, 6.45) is 0. The van der Waals surface area contributed by atoms with Gasteiger partial charge in [0.15, 0.2) is 22.4 Å². The van der Waals surface area contributed by atoms with Crippen LogP contribution in [0.3, 0.4) is 0 Å². The third-order valence-electron chi connectivity index (χ3n) is 5.83. The molecule has 4 heterocycles. The normalized spacial score (nSPS) is 15.1. The first-order valence-corrected chi connectivity index (χ1v) is 11.7. The van der Waals surface area contributed by atoms with Gasteiger partial charge in [-0.25, -0.2) is 9.78 Å². The lowest BCUT2D eigenvalue weighted by Crippen LogP contribution is -2.36. The van der Waals surface area contributed by atoms with Crippen LogP contribution in [0.25, 0.3) is 21.6 Å². The summed E-state index contributed by atoms with van der Waals surface area (Å²) in [5, 5.41) is 0.784. The van der Waals surface area contributed by atoms with E-state index in [9.17, 15) is 9.59 Å². The van der Waals surface area contributed by atoms with Crippen LogP contribution in [0, 0.1) is 0 Å². The molecule has 1 fully saturated rings.